The van der Waals surface area contributed by atoms with E-state index < -0.39 is 10.8 Å². The molecule has 0 radical (unpaired) electrons. The second-order valence-corrected chi connectivity index (χ2v) is 5.56. The van der Waals surface area contributed by atoms with Crippen molar-refractivity contribution in [3.8, 4) is 0 Å². The van der Waals surface area contributed by atoms with Crippen molar-refractivity contribution in [3.63, 3.8) is 0 Å². The van der Waals surface area contributed by atoms with Crippen molar-refractivity contribution in [1.82, 2.24) is 5.32 Å². The molecule has 0 aromatic carbocycles. The number of hydrogen-bond acceptors (Lipinski definition) is 4. The molecule has 0 saturated heterocycles. The Hall–Kier alpha value is -0.230. The van der Waals surface area contributed by atoms with Crippen LogP contribution in [0, 0.1) is 0 Å². The van der Waals surface area contributed by atoms with Crippen molar-refractivity contribution in [2.75, 3.05) is 26.5 Å². The molecule has 0 amide bonds. The SMILES string of the molecule is CNC(COC)CS(=O)c1cccs1. The molecule has 2 unspecified atom stereocenters. The summed E-state index contributed by atoms with van der Waals surface area (Å²) in [5.74, 6) is 0.602. The average Bonchev–Trinajstić information content (AvgIpc) is 2.69. The predicted molar refractivity (Wildman–Crippen MR) is 60.3 cm³/mol. The van der Waals surface area contributed by atoms with Gasteiger partial charge in [-0.15, -0.1) is 11.3 Å². The lowest BCUT2D eigenvalue weighted by Crippen LogP contribution is -2.35. The Morgan fingerprint density at radius 3 is 3.00 bits per heavy atom. The van der Waals surface area contributed by atoms with Crippen LogP contribution in [-0.2, 0) is 15.5 Å². The molecule has 80 valence electrons. The maximum atomic E-state index is 11.8. The smallest absolute Gasteiger partial charge is 0.0911 e. The third-order valence-corrected chi connectivity index (χ3v) is 4.65. The number of methoxy groups -OCH3 is 1. The number of nitrogens with one attached hydrogen (secondary N) is 1. The number of ether oxygens (including phenoxy) is 1. The zero-order valence-electron chi connectivity index (χ0n) is 8.36. The van der Waals surface area contributed by atoms with Gasteiger partial charge in [0.1, 0.15) is 0 Å². The molecule has 0 spiro atoms. The largest absolute Gasteiger partial charge is 0.383 e. The first kappa shape index (κ1) is 11.8. The van der Waals surface area contributed by atoms with Crippen molar-refractivity contribution >= 4 is 22.1 Å². The summed E-state index contributed by atoms with van der Waals surface area (Å²) in [4.78, 5) is 0. The minimum atomic E-state index is -0.908. The van der Waals surface area contributed by atoms with Crippen molar-refractivity contribution in [2.24, 2.45) is 0 Å². The maximum absolute atomic E-state index is 11.8. The van der Waals surface area contributed by atoms with Crippen LogP contribution in [0.15, 0.2) is 21.7 Å². The molecule has 3 nitrogen and oxygen atoms in total. The lowest BCUT2D eigenvalue weighted by molar-refractivity contribution is 0.176. The summed E-state index contributed by atoms with van der Waals surface area (Å²) in [5.41, 5.74) is 0. The highest BCUT2D eigenvalue weighted by Gasteiger charge is 2.12. The summed E-state index contributed by atoms with van der Waals surface area (Å²) in [6.45, 7) is 0.591. The van der Waals surface area contributed by atoms with Crippen LogP contribution in [0.3, 0.4) is 0 Å². The van der Waals surface area contributed by atoms with Crippen LogP contribution in [0.25, 0.3) is 0 Å². The van der Waals surface area contributed by atoms with Gasteiger partial charge in [-0.1, -0.05) is 6.07 Å². The summed E-state index contributed by atoms with van der Waals surface area (Å²) in [7, 11) is 2.60. The molecule has 0 saturated carbocycles. The molecule has 1 aromatic heterocycles. The van der Waals surface area contributed by atoms with Gasteiger partial charge in [-0.25, -0.2) is 0 Å². The summed E-state index contributed by atoms with van der Waals surface area (Å²) < 4.78 is 17.7. The quantitative estimate of drug-likeness (QED) is 0.799. The zero-order valence-corrected chi connectivity index (χ0v) is 9.99. The molecule has 0 fully saturated rings. The summed E-state index contributed by atoms with van der Waals surface area (Å²) in [6.07, 6.45) is 0. The van der Waals surface area contributed by atoms with E-state index in [4.69, 9.17) is 4.74 Å². The van der Waals surface area contributed by atoms with Gasteiger partial charge in [0.2, 0.25) is 0 Å². The fraction of sp³-hybridized carbons (Fsp3) is 0.556. The Bertz CT molecular complexity index is 274. The summed E-state index contributed by atoms with van der Waals surface area (Å²) >= 11 is 1.53. The lowest BCUT2D eigenvalue weighted by Gasteiger charge is -2.13. The van der Waals surface area contributed by atoms with Gasteiger partial charge >= 0.3 is 0 Å². The topological polar surface area (TPSA) is 38.3 Å². The van der Waals surface area contributed by atoms with E-state index in [9.17, 15) is 4.21 Å². The first-order valence-corrected chi connectivity index (χ1v) is 6.56. The molecule has 0 aliphatic carbocycles. The van der Waals surface area contributed by atoms with Crippen molar-refractivity contribution in [1.29, 1.82) is 0 Å². The second kappa shape index (κ2) is 6.29. The Morgan fingerprint density at radius 2 is 2.50 bits per heavy atom. The van der Waals surface area contributed by atoms with E-state index in [1.807, 2.05) is 24.6 Å². The molecule has 0 bridgehead atoms. The zero-order chi connectivity index (χ0) is 10.4. The van der Waals surface area contributed by atoms with Crippen molar-refractivity contribution in [3.05, 3.63) is 17.5 Å². The molecule has 0 aliphatic rings. The molecule has 1 aromatic rings. The van der Waals surface area contributed by atoms with E-state index in [0.29, 0.717) is 12.4 Å². The van der Waals surface area contributed by atoms with Crippen LogP contribution in [0.2, 0.25) is 0 Å². The Kier molecular flexibility index (Phi) is 5.32. The Morgan fingerprint density at radius 1 is 1.71 bits per heavy atom. The van der Waals surface area contributed by atoms with Gasteiger partial charge in [0, 0.05) is 18.9 Å². The molecule has 1 rings (SSSR count). The first-order valence-electron chi connectivity index (χ1n) is 4.36. The van der Waals surface area contributed by atoms with Gasteiger partial charge in [0.15, 0.2) is 0 Å². The number of rotatable bonds is 6. The Labute approximate surface area is 90.9 Å². The van der Waals surface area contributed by atoms with Gasteiger partial charge in [0.05, 0.1) is 21.6 Å². The molecular formula is C9H15NO2S2. The summed E-state index contributed by atoms with van der Waals surface area (Å²) in [6, 6.07) is 3.98. The van der Waals surface area contributed by atoms with Crippen LogP contribution >= 0.6 is 11.3 Å². The predicted octanol–water partition coefficient (Wildman–Crippen LogP) is 1.09. The van der Waals surface area contributed by atoms with Crippen molar-refractivity contribution < 1.29 is 8.95 Å². The minimum absolute atomic E-state index is 0.155. The van der Waals surface area contributed by atoms with Gasteiger partial charge in [0.25, 0.3) is 0 Å². The van der Waals surface area contributed by atoms with Crippen LogP contribution in [-0.4, -0.2) is 36.8 Å². The van der Waals surface area contributed by atoms with E-state index in [1.165, 1.54) is 11.3 Å². The number of hydrogen-bond donors (Lipinski definition) is 1. The molecule has 0 aliphatic heterocycles. The third kappa shape index (κ3) is 3.49. The highest BCUT2D eigenvalue weighted by molar-refractivity contribution is 7.87. The molecule has 1 N–H and O–H groups in total. The maximum Gasteiger partial charge on any atom is 0.0911 e. The third-order valence-electron chi connectivity index (χ3n) is 1.85. The van der Waals surface area contributed by atoms with Gasteiger partial charge in [-0.05, 0) is 18.5 Å². The molecule has 1 heterocycles. The van der Waals surface area contributed by atoms with E-state index in [-0.39, 0.29) is 6.04 Å². The summed E-state index contributed by atoms with van der Waals surface area (Å²) in [5, 5.41) is 5.02. The lowest BCUT2D eigenvalue weighted by atomic mass is 10.4. The Balaban J connectivity index is 2.47. The van der Waals surface area contributed by atoms with Gasteiger partial charge < -0.3 is 10.1 Å². The van der Waals surface area contributed by atoms with E-state index in [2.05, 4.69) is 5.32 Å². The second-order valence-electron chi connectivity index (χ2n) is 2.89. The fourth-order valence-corrected chi connectivity index (χ4v) is 3.35. The van der Waals surface area contributed by atoms with Gasteiger partial charge in [-0.3, -0.25) is 4.21 Å². The van der Waals surface area contributed by atoms with E-state index in [1.54, 1.807) is 7.11 Å². The minimum Gasteiger partial charge on any atom is -0.383 e. The molecule has 14 heavy (non-hydrogen) atoms. The van der Waals surface area contributed by atoms with Crippen LogP contribution < -0.4 is 5.32 Å². The first-order chi connectivity index (χ1) is 6.77. The molecule has 5 heteroatoms. The monoisotopic (exact) mass is 233 g/mol. The fourth-order valence-electron chi connectivity index (χ4n) is 1.07. The van der Waals surface area contributed by atoms with Crippen LogP contribution in [0.4, 0.5) is 0 Å². The number of thiophene rings is 1. The highest BCUT2D eigenvalue weighted by Crippen LogP contribution is 2.14. The van der Waals surface area contributed by atoms with Gasteiger partial charge in [-0.2, -0.15) is 0 Å². The van der Waals surface area contributed by atoms with E-state index in [0.717, 1.165) is 4.21 Å². The van der Waals surface area contributed by atoms with Crippen molar-refractivity contribution in [2.45, 2.75) is 10.3 Å². The van der Waals surface area contributed by atoms with Crippen LogP contribution in [0.5, 0.6) is 0 Å². The van der Waals surface area contributed by atoms with E-state index >= 15 is 0 Å². The number of likely N-dealkylation sites (N-methyl/N-ethyl adjacent to an activating group) is 1. The normalized spacial score (nSPS) is 15.3. The molecular weight excluding hydrogens is 218 g/mol. The molecule has 2 atom stereocenters. The standard InChI is InChI=1S/C9H15NO2S2/c1-10-8(6-12-2)7-14(11)9-4-3-5-13-9/h3-5,8,10H,6-7H2,1-2H3. The average molecular weight is 233 g/mol. The highest BCUT2D eigenvalue weighted by atomic mass is 32.2. The van der Waals surface area contributed by atoms with Crippen LogP contribution in [0.1, 0.15) is 0 Å².